The van der Waals surface area contributed by atoms with Crippen LogP contribution in [-0.2, 0) is 24.2 Å². The molecule has 3 rings (SSSR count). The Morgan fingerprint density at radius 2 is 1.77 bits per heavy atom. The largest absolute Gasteiger partial charge is 0.464 e. The van der Waals surface area contributed by atoms with Crippen molar-refractivity contribution in [3.8, 4) is 5.75 Å². The number of methoxy groups -OCH3 is 1. The standard InChI is InChI=1S/C29H37FN2O6S2/c1-8-29(9-2)17-32(20-12-10-19(11-13-20)31-27(34)28(3,4)5)22-14-24(39-7)23(15-25(22)40(35,36)18-29)38-16-21(30)26(33)37-6/h10-16H,8-9,17-18H2,1-7H3,(H,31,34)/b21-16-. The molecular weight excluding hydrogens is 555 g/mol. The van der Waals surface area contributed by atoms with Crippen molar-refractivity contribution in [3.63, 3.8) is 0 Å². The molecule has 0 saturated carbocycles. The Morgan fingerprint density at radius 1 is 1.15 bits per heavy atom. The monoisotopic (exact) mass is 592 g/mol. The summed E-state index contributed by atoms with van der Waals surface area (Å²) in [5.41, 5.74) is 0.785. The number of sulfone groups is 1. The molecule has 1 aliphatic rings. The summed E-state index contributed by atoms with van der Waals surface area (Å²) in [4.78, 5) is 26.5. The highest BCUT2D eigenvalue weighted by atomic mass is 32.2. The van der Waals surface area contributed by atoms with Crippen molar-refractivity contribution in [1.82, 2.24) is 0 Å². The van der Waals surface area contributed by atoms with Crippen molar-refractivity contribution in [2.45, 2.75) is 57.3 Å². The van der Waals surface area contributed by atoms with Gasteiger partial charge in [0.2, 0.25) is 11.7 Å². The molecule has 0 unspecified atom stereocenters. The Labute approximate surface area is 240 Å². The number of esters is 1. The number of hydrogen-bond acceptors (Lipinski definition) is 8. The van der Waals surface area contributed by atoms with Crippen LogP contribution >= 0.6 is 11.8 Å². The number of halogens is 1. The van der Waals surface area contributed by atoms with Gasteiger partial charge in [-0.3, -0.25) is 4.79 Å². The van der Waals surface area contributed by atoms with Gasteiger partial charge in [0.05, 0.1) is 28.3 Å². The quantitative estimate of drug-likeness (QED) is 0.161. The van der Waals surface area contributed by atoms with E-state index in [9.17, 15) is 22.4 Å². The van der Waals surface area contributed by atoms with Crippen LogP contribution in [0.3, 0.4) is 0 Å². The molecule has 2 aromatic carbocycles. The topological polar surface area (TPSA) is 102 Å². The van der Waals surface area contributed by atoms with E-state index in [1.165, 1.54) is 17.8 Å². The van der Waals surface area contributed by atoms with Gasteiger partial charge in [-0.05, 0) is 49.4 Å². The SMILES string of the molecule is CCC1(CC)CN(c2ccc(NC(=O)C(C)(C)C)cc2)c2cc(SC)c(O/C=C(\F)C(=O)OC)cc2S(=O)(=O)C1. The van der Waals surface area contributed by atoms with Gasteiger partial charge in [-0.1, -0.05) is 34.6 Å². The summed E-state index contributed by atoms with van der Waals surface area (Å²) in [5, 5.41) is 2.91. The van der Waals surface area contributed by atoms with E-state index in [-0.39, 0.29) is 22.3 Å². The predicted octanol–water partition coefficient (Wildman–Crippen LogP) is 6.49. The Morgan fingerprint density at radius 3 is 2.30 bits per heavy atom. The zero-order valence-corrected chi connectivity index (χ0v) is 25.6. The molecule has 0 aromatic heterocycles. The fraction of sp³-hybridized carbons (Fsp3) is 0.448. The smallest absolute Gasteiger partial charge is 0.370 e. The Kier molecular flexibility index (Phi) is 9.62. The van der Waals surface area contributed by atoms with Crippen LogP contribution < -0.4 is 15.0 Å². The van der Waals surface area contributed by atoms with E-state index < -0.39 is 32.5 Å². The Balaban J connectivity index is 2.16. The van der Waals surface area contributed by atoms with Crippen LogP contribution in [0.25, 0.3) is 0 Å². The lowest BCUT2D eigenvalue weighted by atomic mass is 9.83. The number of benzene rings is 2. The first-order valence-electron chi connectivity index (χ1n) is 12.9. The van der Waals surface area contributed by atoms with Crippen LogP contribution in [0.1, 0.15) is 47.5 Å². The Bertz CT molecular complexity index is 1390. The summed E-state index contributed by atoms with van der Waals surface area (Å²) in [6.07, 6.45) is 3.68. The molecule has 0 bridgehead atoms. The number of fused-ring (bicyclic) bond motifs is 1. The third kappa shape index (κ3) is 6.80. The highest BCUT2D eigenvalue weighted by molar-refractivity contribution is 7.98. The van der Waals surface area contributed by atoms with Crippen molar-refractivity contribution in [3.05, 3.63) is 48.5 Å². The molecule has 0 aliphatic carbocycles. The molecule has 1 heterocycles. The summed E-state index contributed by atoms with van der Waals surface area (Å²) in [6, 6.07) is 10.4. The molecule has 218 valence electrons. The molecule has 1 amide bonds. The van der Waals surface area contributed by atoms with E-state index in [0.29, 0.717) is 41.9 Å². The zero-order valence-electron chi connectivity index (χ0n) is 24.0. The molecule has 1 N–H and O–H groups in total. The van der Waals surface area contributed by atoms with Gasteiger partial charge in [0.25, 0.3) is 0 Å². The molecule has 8 nitrogen and oxygen atoms in total. The number of nitrogens with one attached hydrogen (secondary N) is 1. The first kappa shape index (κ1) is 31.5. The summed E-state index contributed by atoms with van der Waals surface area (Å²) in [7, 11) is -2.75. The maximum absolute atomic E-state index is 14.0. The summed E-state index contributed by atoms with van der Waals surface area (Å²) < 4.78 is 51.5. The van der Waals surface area contributed by atoms with Crippen molar-refractivity contribution in [2.75, 3.05) is 35.9 Å². The van der Waals surface area contributed by atoms with Gasteiger partial charge in [0.15, 0.2) is 9.84 Å². The Hall–Kier alpha value is -3.05. The van der Waals surface area contributed by atoms with Crippen LogP contribution in [0.2, 0.25) is 0 Å². The highest BCUT2D eigenvalue weighted by Crippen LogP contribution is 2.47. The van der Waals surface area contributed by atoms with Crippen LogP contribution in [0.4, 0.5) is 21.5 Å². The number of anilines is 3. The van der Waals surface area contributed by atoms with E-state index in [2.05, 4.69) is 10.1 Å². The molecule has 2 aromatic rings. The lowest BCUT2D eigenvalue weighted by molar-refractivity contribution is -0.138. The molecule has 1 aliphatic heterocycles. The van der Waals surface area contributed by atoms with E-state index in [1.54, 1.807) is 24.5 Å². The number of hydrogen-bond donors (Lipinski definition) is 1. The molecule has 0 atom stereocenters. The number of nitrogens with zero attached hydrogens (tertiary/aromatic N) is 1. The zero-order chi connectivity index (χ0) is 29.9. The first-order chi connectivity index (χ1) is 18.7. The van der Waals surface area contributed by atoms with Crippen molar-refractivity contribution in [2.24, 2.45) is 10.8 Å². The van der Waals surface area contributed by atoms with Crippen LogP contribution in [-0.4, -0.2) is 46.0 Å². The van der Waals surface area contributed by atoms with Gasteiger partial charge in [-0.15, -0.1) is 11.8 Å². The highest BCUT2D eigenvalue weighted by Gasteiger charge is 2.41. The van der Waals surface area contributed by atoms with Crippen molar-refractivity contribution in [1.29, 1.82) is 0 Å². The molecule has 11 heteroatoms. The average molecular weight is 593 g/mol. The fourth-order valence-electron chi connectivity index (χ4n) is 4.40. The van der Waals surface area contributed by atoms with Crippen LogP contribution in [0.5, 0.6) is 5.75 Å². The van der Waals surface area contributed by atoms with Crippen molar-refractivity contribution >= 4 is 50.5 Å². The first-order valence-corrected chi connectivity index (χ1v) is 15.8. The van der Waals surface area contributed by atoms with Gasteiger partial charge in [-0.25, -0.2) is 13.2 Å². The summed E-state index contributed by atoms with van der Waals surface area (Å²) >= 11 is 1.30. The van der Waals surface area contributed by atoms with Crippen molar-refractivity contribution < 1.29 is 31.9 Å². The van der Waals surface area contributed by atoms with Gasteiger partial charge in [0.1, 0.15) is 12.0 Å². The van der Waals surface area contributed by atoms with Gasteiger partial charge >= 0.3 is 5.97 Å². The predicted molar refractivity (Wildman–Crippen MR) is 157 cm³/mol. The third-order valence-electron chi connectivity index (χ3n) is 7.15. The molecule has 40 heavy (non-hydrogen) atoms. The minimum Gasteiger partial charge on any atom is -0.464 e. The van der Waals surface area contributed by atoms with Crippen LogP contribution in [0, 0.1) is 10.8 Å². The minimum absolute atomic E-state index is 0.0565. The maximum atomic E-state index is 14.0. The van der Waals surface area contributed by atoms with E-state index in [4.69, 9.17) is 4.74 Å². The van der Waals surface area contributed by atoms with Gasteiger partial charge in [0, 0.05) is 34.8 Å². The second-order valence-electron chi connectivity index (χ2n) is 10.8. The maximum Gasteiger partial charge on any atom is 0.370 e. The van der Waals surface area contributed by atoms with Gasteiger partial charge < -0.3 is 19.7 Å². The van der Waals surface area contributed by atoms with Crippen LogP contribution in [0.15, 0.2) is 58.3 Å². The second kappa shape index (κ2) is 12.2. The number of amides is 1. The fourth-order valence-corrected chi connectivity index (χ4v) is 7.17. The lowest BCUT2D eigenvalue weighted by Gasteiger charge is -2.35. The minimum atomic E-state index is -3.79. The summed E-state index contributed by atoms with van der Waals surface area (Å²) in [5.74, 6) is -2.52. The second-order valence-corrected chi connectivity index (χ2v) is 13.7. The molecule has 0 saturated heterocycles. The molecule has 0 spiro atoms. The molecule has 0 radical (unpaired) electrons. The lowest BCUT2D eigenvalue weighted by Crippen LogP contribution is -2.37. The number of carbonyl (C=O) groups excluding carboxylic acids is 2. The van der Waals surface area contributed by atoms with Gasteiger partial charge in [-0.2, -0.15) is 4.39 Å². The number of rotatable bonds is 8. The average Bonchev–Trinajstić information content (AvgIpc) is 3.02. The number of thioether (sulfide) groups is 1. The summed E-state index contributed by atoms with van der Waals surface area (Å²) in [6.45, 7) is 9.93. The van der Waals surface area contributed by atoms with E-state index >= 15 is 0 Å². The number of carbonyl (C=O) groups is 2. The third-order valence-corrected chi connectivity index (χ3v) is 9.90. The van der Waals surface area contributed by atoms with E-state index in [0.717, 1.165) is 12.8 Å². The normalized spacial score (nSPS) is 16.5. The number of ether oxygens (including phenoxy) is 2. The molecular formula is C29H37FN2O6S2. The van der Waals surface area contributed by atoms with E-state index in [1.807, 2.05) is 51.7 Å². The molecule has 0 fully saturated rings.